The summed E-state index contributed by atoms with van der Waals surface area (Å²) >= 11 is 1.42. The fraction of sp³-hybridized carbons (Fsp3) is 0.440. The number of thioether (sulfide) groups is 1. The van der Waals surface area contributed by atoms with Crippen molar-refractivity contribution in [3.63, 3.8) is 0 Å². The summed E-state index contributed by atoms with van der Waals surface area (Å²) in [5.41, 5.74) is 3.21. The van der Waals surface area contributed by atoms with E-state index >= 15 is 0 Å². The molecule has 0 N–H and O–H groups in total. The summed E-state index contributed by atoms with van der Waals surface area (Å²) in [6.07, 6.45) is 1.77. The predicted molar refractivity (Wildman–Crippen MR) is 137 cm³/mol. The number of hydrogen-bond donors (Lipinski definition) is 0. The van der Waals surface area contributed by atoms with E-state index in [1.807, 2.05) is 37.3 Å². The summed E-state index contributed by atoms with van der Waals surface area (Å²) in [6.45, 7) is 5.33. The molecule has 0 fully saturated rings. The number of methoxy groups -OCH3 is 1. The highest BCUT2D eigenvalue weighted by Gasteiger charge is 2.21. The van der Waals surface area contributed by atoms with E-state index in [1.54, 1.807) is 31.8 Å². The first-order chi connectivity index (χ1) is 17.5. The van der Waals surface area contributed by atoms with Crippen molar-refractivity contribution >= 4 is 35.0 Å². The number of pyridine rings is 1. The summed E-state index contributed by atoms with van der Waals surface area (Å²) in [7, 11) is 3.32. The highest BCUT2D eigenvalue weighted by Crippen LogP contribution is 2.29. The molecule has 0 saturated carbocycles. The number of hydrogen-bond acceptors (Lipinski definition) is 9. The molecule has 3 rings (SSSR count). The predicted octanol–water partition coefficient (Wildman–Crippen LogP) is 4.52. The van der Waals surface area contributed by atoms with Crippen LogP contribution in [0, 0.1) is 6.92 Å². The number of rotatable bonds is 12. The van der Waals surface area contributed by atoms with Crippen molar-refractivity contribution in [3.8, 4) is 5.75 Å². The number of aromatic nitrogens is 3. The molecule has 0 saturated heterocycles. The van der Waals surface area contributed by atoms with Crippen LogP contribution in [0.5, 0.6) is 5.75 Å². The van der Waals surface area contributed by atoms with Gasteiger partial charge in [0.2, 0.25) is 0 Å². The highest BCUT2D eigenvalue weighted by atomic mass is 32.2. The number of nitrogens with zero attached hydrogens (tertiary/aromatic N) is 4. The van der Waals surface area contributed by atoms with Crippen LogP contribution < -0.4 is 4.74 Å². The van der Waals surface area contributed by atoms with Crippen LogP contribution in [0.1, 0.15) is 24.6 Å². The Morgan fingerprint density at radius 1 is 1.11 bits per heavy atom. The lowest BCUT2D eigenvalue weighted by Gasteiger charge is -2.19. The number of imidazole rings is 1. The van der Waals surface area contributed by atoms with E-state index in [-0.39, 0.29) is 25.8 Å². The third-order valence-electron chi connectivity index (χ3n) is 5.30. The van der Waals surface area contributed by atoms with Gasteiger partial charge in [0.1, 0.15) is 12.4 Å². The Morgan fingerprint density at radius 3 is 2.69 bits per heavy atom. The van der Waals surface area contributed by atoms with Crippen molar-refractivity contribution in [2.75, 3.05) is 47.1 Å². The molecule has 3 aromatic rings. The van der Waals surface area contributed by atoms with Crippen molar-refractivity contribution in [1.29, 1.82) is 0 Å². The van der Waals surface area contributed by atoms with Crippen LogP contribution in [0.2, 0.25) is 0 Å². The topological polar surface area (TPSA) is 105 Å². The number of para-hydroxylation sites is 2. The molecule has 0 aliphatic carbocycles. The van der Waals surface area contributed by atoms with Gasteiger partial charge in [-0.25, -0.2) is 19.1 Å². The van der Waals surface area contributed by atoms with Crippen molar-refractivity contribution in [3.05, 3.63) is 47.8 Å². The maximum atomic E-state index is 13.4. The van der Waals surface area contributed by atoms with Gasteiger partial charge in [0, 0.05) is 44.7 Å². The molecule has 0 bridgehead atoms. The van der Waals surface area contributed by atoms with Crippen molar-refractivity contribution in [1.82, 2.24) is 19.4 Å². The number of amides is 1. The maximum Gasteiger partial charge on any atom is 0.508 e. The molecule has 0 atom stereocenters. The van der Waals surface area contributed by atoms with E-state index in [1.165, 1.54) is 16.7 Å². The van der Waals surface area contributed by atoms with Gasteiger partial charge in [0.15, 0.2) is 5.16 Å². The standard InChI is InChI=1S/C25H32N4O6S/c1-5-33-25(31)35-16-13-28(3)24(30)29-21-10-7-6-9-19(21)27-23(29)36-17-20-18(2)22(11-12-26-20)34-15-8-14-32-4/h6-7,9-12H,5,8,13-17H2,1-4H3. The Labute approximate surface area is 214 Å². The number of fused-ring (bicyclic) bond motifs is 1. The molecule has 2 aromatic heterocycles. The molecule has 0 spiro atoms. The largest absolute Gasteiger partial charge is 0.508 e. The Hall–Kier alpha value is -3.31. The maximum absolute atomic E-state index is 13.4. The van der Waals surface area contributed by atoms with E-state index in [2.05, 4.69) is 9.97 Å². The molecule has 0 aliphatic heterocycles. The van der Waals surface area contributed by atoms with E-state index in [0.717, 1.165) is 23.4 Å². The van der Waals surface area contributed by atoms with Gasteiger partial charge in [-0.3, -0.25) is 4.98 Å². The van der Waals surface area contributed by atoms with Crippen LogP contribution in [-0.2, 0) is 20.0 Å². The second-order valence-electron chi connectivity index (χ2n) is 7.82. The summed E-state index contributed by atoms with van der Waals surface area (Å²) in [4.78, 5) is 35.5. The minimum Gasteiger partial charge on any atom is -0.493 e. The SMILES string of the molecule is CCOC(=O)OCCN(C)C(=O)n1c(SCc2nccc(OCCCOC)c2C)nc2ccccc21. The van der Waals surface area contributed by atoms with Gasteiger partial charge >= 0.3 is 12.2 Å². The Bertz CT molecular complexity index is 1170. The molecule has 1 amide bonds. The molecule has 0 aliphatic rings. The third kappa shape index (κ3) is 7.11. The van der Waals surface area contributed by atoms with Crippen LogP contribution >= 0.6 is 11.8 Å². The van der Waals surface area contributed by atoms with E-state index < -0.39 is 6.16 Å². The minimum atomic E-state index is -0.754. The van der Waals surface area contributed by atoms with Gasteiger partial charge in [-0.1, -0.05) is 23.9 Å². The lowest BCUT2D eigenvalue weighted by Crippen LogP contribution is -2.34. The van der Waals surface area contributed by atoms with Crippen LogP contribution in [0.25, 0.3) is 11.0 Å². The zero-order valence-electron chi connectivity index (χ0n) is 21.1. The molecular formula is C25H32N4O6S. The lowest BCUT2D eigenvalue weighted by molar-refractivity contribution is 0.0550. The van der Waals surface area contributed by atoms with E-state index in [4.69, 9.17) is 18.9 Å². The number of carbonyl (C=O) groups excluding carboxylic acids is 2. The number of likely N-dealkylation sites (N-methyl/N-ethyl adjacent to an activating group) is 1. The molecule has 36 heavy (non-hydrogen) atoms. The average Bonchev–Trinajstić information content (AvgIpc) is 3.24. The second kappa shape index (κ2) is 13.7. The molecule has 2 heterocycles. The fourth-order valence-electron chi connectivity index (χ4n) is 3.36. The van der Waals surface area contributed by atoms with Gasteiger partial charge in [-0.15, -0.1) is 0 Å². The van der Waals surface area contributed by atoms with E-state index in [9.17, 15) is 9.59 Å². The summed E-state index contributed by atoms with van der Waals surface area (Å²) < 4.78 is 22.3. The number of ether oxygens (including phenoxy) is 4. The average molecular weight is 517 g/mol. The van der Waals surface area contributed by atoms with Crippen LogP contribution in [0.4, 0.5) is 9.59 Å². The van der Waals surface area contributed by atoms with Gasteiger partial charge in [-0.2, -0.15) is 0 Å². The summed E-state index contributed by atoms with van der Waals surface area (Å²) in [5.74, 6) is 1.29. The van der Waals surface area contributed by atoms with Crippen molar-refractivity contribution < 1.29 is 28.5 Å². The third-order valence-corrected chi connectivity index (χ3v) is 6.25. The smallest absolute Gasteiger partial charge is 0.493 e. The molecule has 194 valence electrons. The minimum absolute atomic E-state index is 0.0243. The van der Waals surface area contributed by atoms with Crippen molar-refractivity contribution in [2.24, 2.45) is 0 Å². The van der Waals surface area contributed by atoms with Crippen LogP contribution in [0.3, 0.4) is 0 Å². The molecule has 0 unspecified atom stereocenters. The molecule has 0 radical (unpaired) electrons. The first-order valence-electron chi connectivity index (χ1n) is 11.7. The molecule has 1 aromatic carbocycles. The lowest BCUT2D eigenvalue weighted by atomic mass is 10.2. The normalized spacial score (nSPS) is 10.9. The Kier molecular flexibility index (Phi) is 10.4. The molecule has 10 nitrogen and oxygen atoms in total. The Balaban J connectivity index is 1.74. The summed E-state index contributed by atoms with van der Waals surface area (Å²) in [6, 6.07) is 9.03. The van der Waals surface area contributed by atoms with Crippen LogP contribution in [0.15, 0.2) is 41.7 Å². The zero-order valence-corrected chi connectivity index (χ0v) is 21.9. The van der Waals surface area contributed by atoms with Gasteiger partial charge in [0.05, 0.1) is 36.5 Å². The second-order valence-corrected chi connectivity index (χ2v) is 8.76. The van der Waals surface area contributed by atoms with Gasteiger partial charge < -0.3 is 23.8 Å². The highest BCUT2D eigenvalue weighted by molar-refractivity contribution is 7.98. The molecular weight excluding hydrogens is 484 g/mol. The zero-order chi connectivity index (χ0) is 25.9. The monoisotopic (exact) mass is 516 g/mol. The summed E-state index contributed by atoms with van der Waals surface area (Å²) in [5, 5.41) is 0.548. The van der Waals surface area contributed by atoms with Gasteiger partial charge in [0.25, 0.3) is 0 Å². The van der Waals surface area contributed by atoms with Crippen LogP contribution in [-0.4, -0.2) is 78.8 Å². The van der Waals surface area contributed by atoms with E-state index in [0.29, 0.717) is 35.2 Å². The number of benzene rings is 1. The number of carbonyl (C=O) groups is 2. The van der Waals surface area contributed by atoms with Crippen molar-refractivity contribution in [2.45, 2.75) is 31.2 Å². The molecule has 11 heteroatoms. The first-order valence-corrected chi connectivity index (χ1v) is 12.7. The van der Waals surface area contributed by atoms with Gasteiger partial charge in [-0.05, 0) is 32.0 Å². The quantitative estimate of drug-likeness (QED) is 0.195. The fourth-order valence-corrected chi connectivity index (χ4v) is 4.38. The Morgan fingerprint density at radius 2 is 1.92 bits per heavy atom. The first kappa shape index (κ1) is 27.3.